The van der Waals surface area contributed by atoms with Crippen LogP contribution in [0.4, 0.5) is 0 Å². The molecule has 0 fully saturated rings. The van der Waals surface area contributed by atoms with Crippen LogP contribution in [0, 0.1) is 0 Å². The summed E-state index contributed by atoms with van der Waals surface area (Å²) in [4.78, 5) is 12.7. The van der Waals surface area contributed by atoms with Crippen LogP contribution in [-0.4, -0.2) is 5.91 Å². The van der Waals surface area contributed by atoms with Crippen LogP contribution in [0.3, 0.4) is 0 Å². The van der Waals surface area contributed by atoms with Gasteiger partial charge in [-0.3, -0.25) is 4.79 Å². The van der Waals surface area contributed by atoms with E-state index >= 15 is 0 Å². The summed E-state index contributed by atoms with van der Waals surface area (Å²) in [5.74, 6) is -0.109. The van der Waals surface area contributed by atoms with E-state index in [-0.39, 0.29) is 5.91 Å². The first-order chi connectivity index (χ1) is 12.2. The molecule has 1 heterocycles. The largest absolute Gasteiger partial charge is 0.372 e. The van der Waals surface area contributed by atoms with Gasteiger partial charge in [-0.1, -0.05) is 66.2 Å². The maximum Gasteiger partial charge on any atom is 0.261 e. The Labute approximate surface area is 156 Å². The lowest BCUT2D eigenvalue weighted by atomic mass is 10.1. The highest BCUT2D eigenvalue weighted by Gasteiger charge is 2.08. The van der Waals surface area contributed by atoms with Crippen molar-refractivity contribution in [2.24, 2.45) is 0 Å². The molecule has 3 aromatic rings. The van der Waals surface area contributed by atoms with Crippen molar-refractivity contribution in [3.05, 3.63) is 92.6 Å². The molecular weight excluding hydrogens is 354 g/mol. The fraction of sp³-hybridized carbons (Fsp3) is 0.150. The van der Waals surface area contributed by atoms with Crippen molar-refractivity contribution >= 4 is 28.8 Å². The second kappa shape index (κ2) is 8.81. The number of carbonyl (C=O) groups excluding carboxylic acids is 1. The van der Waals surface area contributed by atoms with Gasteiger partial charge in [0, 0.05) is 6.54 Å². The van der Waals surface area contributed by atoms with Gasteiger partial charge in [0.15, 0.2) is 0 Å². The van der Waals surface area contributed by atoms with Gasteiger partial charge in [0.1, 0.15) is 0 Å². The number of ether oxygens (including phenoxy) is 1. The molecule has 1 amide bonds. The molecule has 0 atom stereocenters. The van der Waals surface area contributed by atoms with Crippen molar-refractivity contribution in [2.75, 3.05) is 0 Å². The minimum atomic E-state index is -0.109. The quantitative estimate of drug-likeness (QED) is 0.631. The lowest BCUT2D eigenvalue weighted by Gasteiger charge is -2.08. The van der Waals surface area contributed by atoms with Crippen LogP contribution in [0.25, 0.3) is 0 Å². The second-order valence-electron chi connectivity index (χ2n) is 5.58. The van der Waals surface area contributed by atoms with Gasteiger partial charge in [-0.05, 0) is 28.8 Å². The molecular formula is C20H18ClNO2S. The van der Waals surface area contributed by atoms with E-state index in [1.807, 2.05) is 54.6 Å². The number of hydrogen-bond acceptors (Lipinski definition) is 3. The summed E-state index contributed by atoms with van der Waals surface area (Å²) in [5.41, 5.74) is 3.28. The van der Waals surface area contributed by atoms with Crippen molar-refractivity contribution in [1.29, 1.82) is 0 Å². The molecule has 0 saturated heterocycles. The van der Waals surface area contributed by atoms with Gasteiger partial charge in [-0.15, -0.1) is 11.3 Å². The van der Waals surface area contributed by atoms with Gasteiger partial charge in [-0.2, -0.15) is 0 Å². The molecule has 0 unspecified atom stereocenters. The van der Waals surface area contributed by atoms with Crippen molar-refractivity contribution in [1.82, 2.24) is 5.32 Å². The van der Waals surface area contributed by atoms with E-state index in [1.54, 1.807) is 12.1 Å². The Kier molecular flexibility index (Phi) is 6.23. The number of amides is 1. The molecule has 3 nitrogen and oxygen atoms in total. The summed E-state index contributed by atoms with van der Waals surface area (Å²) in [6.45, 7) is 1.60. The molecule has 128 valence electrons. The van der Waals surface area contributed by atoms with Crippen molar-refractivity contribution in [2.45, 2.75) is 19.8 Å². The number of benzene rings is 2. The summed E-state index contributed by atoms with van der Waals surface area (Å²) in [7, 11) is 0. The molecule has 1 aromatic heterocycles. The van der Waals surface area contributed by atoms with Crippen LogP contribution >= 0.6 is 22.9 Å². The number of rotatable bonds is 7. The summed E-state index contributed by atoms with van der Waals surface area (Å²) in [6.07, 6.45) is 0. The zero-order valence-electron chi connectivity index (χ0n) is 13.6. The van der Waals surface area contributed by atoms with Gasteiger partial charge in [0.25, 0.3) is 5.91 Å². The van der Waals surface area contributed by atoms with E-state index in [0.717, 1.165) is 16.7 Å². The highest BCUT2D eigenvalue weighted by atomic mass is 35.5. The lowest BCUT2D eigenvalue weighted by molar-refractivity contribution is 0.0955. The average molecular weight is 372 g/mol. The number of hydrogen-bond donors (Lipinski definition) is 1. The lowest BCUT2D eigenvalue weighted by Crippen LogP contribution is -2.21. The molecule has 3 rings (SSSR count). The molecule has 1 N–H and O–H groups in total. The first-order valence-corrected chi connectivity index (χ1v) is 9.13. The van der Waals surface area contributed by atoms with E-state index in [9.17, 15) is 4.79 Å². The number of carbonyl (C=O) groups is 1. The topological polar surface area (TPSA) is 38.3 Å². The van der Waals surface area contributed by atoms with Crippen LogP contribution in [0.2, 0.25) is 4.34 Å². The molecule has 0 radical (unpaired) electrons. The van der Waals surface area contributed by atoms with Gasteiger partial charge < -0.3 is 10.1 Å². The van der Waals surface area contributed by atoms with Crippen molar-refractivity contribution in [3.63, 3.8) is 0 Å². The highest BCUT2D eigenvalue weighted by Crippen LogP contribution is 2.21. The average Bonchev–Trinajstić information content (AvgIpc) is 3.07. The molecule has 0 aliphatic heterocycles. The standard InChI is InChI=1S/C20H18ClNO2S/c21-19-10-9-18(25-19)20(23)22-12-16-7-4-8-17(11-16)14-24-13-15-5-2-1-3-6-15/h1-11H,12-14H2,(H,22,23). The fourth-order valence-electron chi connectivity index (χ4n) is 2.40. The molecule has 0 aliphatic rings. The summed E-state index contributed by atoms with van der Waals surface area (Å²) < 4.78 is 6.37. The number of thiophene rings is 1. The first-order valence-electron chi connectivity index (χ1n) is 7.94. The van der Waals surface area contributed by atoms with Crippen LogP contribution < -0.4 is 5.32 Å². The Morgan fingerprint density at radius 1 is 0.920 bits per heavy atom. The Bertz CT molecular complexity index is 832. The third kappa shape index (κ3) is 5.43. The minimum absolute atomic E-state index is 0.109. The van der Waals surface area contributed by atoms with Gasteiger partial charge in [0.2, 0.25) is 0 Å². The van der Waals surface area contributed by atoms with Gasteiger partial charge in [-0.25, -0.2) is 0 Å². The summed E-state index contributed by atoms with van der Waals surface area (Å²) in [5, 5.41) is 2.91. The second-order valence-corrected chi connectivity index (χ2v) is 7.30. The van der Waals surface area contributed by atoms with E-state index in [0.29, 0.717) is 29.0 Å². The zero-order valence-corrected chi connectivity index (χ0v) is 15.1. The molecule has 2 aromatic carbocycles. The van der Waals surface area contributed by atoms with Crippen molar-refractivity contribution < 1.29 is 9.53 Å². The van der Waals surface area contributed by atoms with E-state index in [1.165, 1.54) is 11.3 Å². The third-order valence-corrected chi connectivity index (χ3v) is 4.85. The van der Waals surface area contributed by atoms with E-state index in [4.69, 9.17) is 16.3 Å². The molecule has 0 saturated carbocycles. The fourth-order valence-corrected chi connectivity index (χ4v) is 3.36. The molecule has 0 bridgehead atoms. The Hall–Kier alpha value is -2.14. The Balaban J connectivity index is 1.50. The van der Waals surface area contributed by atoms with Gasteiger partial charge in [0.05, 0.1) is 22.4 Å². The smallest absolute Gasteiger partial charge is 0.261 e. The van der Waals surface area contributed by atoms with Crippen LogP contribution in [-0.2, 0) is 24.5 Å². The summed E-state index contributed by atoms with van der Waals surface area (Å²) >= 11 is 7.14. The zero-order chi connectivity index (χ0) is 17.5. The Morgan fingerprint density at radius 3 is 2.40 bits per heavy atom. The predicted molar refractivity (Wildman–Crippen MR) is 102 cm³/mol. The molecule has 0 spiro atoms. The van der Waals surface area contributed by atoms with Crippen LogP contribution in [0.15, 0.2) is 66.7 Å². The maximum atomic E-state index is 12.1. The minimum Gasteiger partial charge on any atom is -0.372 e. The van der Waals surface area contributed by atoms with E-state index in [2.05, 4.69) is 5.32 Å². The van der Waals surface area contributed by atoms with Crippen LogP contribution in [0.1, 0.15) is 26.4 Å². The molecule has 25 heavy (non-hydrogen) atoms. The van der Waals surface area contributed by atoms with Crippen LogP contribution in [0.5, 0.6) is 0 Å². The molecule has 5 heteroatoms. The monoisotopic (exact) mass is 371 g/mol. The normalized spacial score (nSPS) is 10.6. The third-order valence-electron chi connectivity index (χ3n) is 3.62. The van der Waals surface area contributed by atoms with Crippen molar-refractivity contribution in [3.8, 4) is 0 Å². The number of nitrogens with one attached hydrogen (secondary N) is 1. The predicted octanol–water partition coefficient (Wildman–Crippen LogP) is 5.05. The van der Waals surface area contributed by atoms with Gasteiger partial charge >= 0.3 is 0 Å². The maximum absolute atomic E-state index is 12.1. The highest BCUT2D eigenvalue weighted by molar-refractivity contribution is 7.17. The number of halogens is 1. The SMILES string of the molecule is O=C(NCc1cccc(COCc2ccccc2)c1)c1ccc(Cl)s1. The summed E-state index contributed by atoms with van der Waals surface area (Å²) in [6, 6.07) is 21.6. The van der Waals surface area contributed by atoms with E-state index < -0.39 is 0 Å². The molecule has 0 aliphatic carbocycles. The Morgan fingerprint density at radius 2 is 1.64 bits per heavy atom. The first kappa shape index (κ1) is 17.7.